The maximum absolute atomic E-state index is 7.23. The van der Waals surface area contributed by atoms with Crippen LogP contribution < -0.4 is 0 Å². The summed E-state index contributed by atoms with van der Waals surface area (Å²) >= 11 is 0. The molecule has 2 aromatic rings. The quantitative estimate of drug-likeness (QED) is 0.277. The zero-order chi connectivity index (χ0) is 28.4. The van der Waals surface area contributed by atoms with Crippen molar-refractivity contribution in [3.63, 3.8) is 0 Å². The van der Waals surface area contributed by atoms with Gasteiger partial charge in [0.05, 0.1) is 0 Å². The highest BCUT2D eigenvalue weighted by molar-refractivity contribution is 7.38. The Morgan fingerprint density at radius 1 is 0.500 bits per heavy atom. The second-order valence-corrected chi connectivity index (χ2v) is 14.6. The minimum Gasteiger partial charge on any atom is -0.328 e. The largest absolute Gasteiger partial charge is 0.328 e. The molecule has 0 saturated carbocycles. The minimum atomic E-state index is -2.62. The Morgan fingerprint density at radius 3 is 0.944 bits per heavy atom. The van der Waals surface area contributed by atoms with Gasteiger partial charge in [0, 0.05) is 0 Å². The van der Waals surface area contributed by atoms with E-state index in [1.54, 1.807) is 0 Å². The molecule has 2 aromatic carbocycles. The van der Waals surface area contributed by atoms with Gasteiger partial charge >= 0.3 is 8.60 Å². The summed E-state index contributed by atoms with van der Waals surface area (Å²) in [4.78, 5) is 21.7. The van der Waals surface area contributed by atoms with Gasteiger partial charge in [0.25, 0.3) is 0 Å². The average Bonchev–Trinajstić information content (AvgIpc) is 2.63. The molecule has 0 fully saturated rings. The molecule has 3 nitrogen and oxygen atoms in total. The van der Waals surface area contributed by atoms with Gasteiger partial charge in [-0.3, -0.25) is 0 Å². The van der Waals surface area contributed by atoms with Crippen LogP contribution in [-0.4, -0.2) is 14.7 Å². The van der Waals surface area contributed by atoms with E-state index in [0.29, 0.717) is 0 Å². The summed E-state index contributed by atoms with van der Waals surface area (Å²) in [6.45, 7) is 32.3. The van der Waals surface area contributed by atoms with Crippen LogP contribution in [0.1, 0.15) is 128 Å². The second kappa shape index (κ2) is 11.5. The maximum Gasteiger partial charge on any atom is 0.324 e. The van der Waals surface area contributed by atoms with E-state index in [2.05, 4.69) is 133 Å². The van der Waals surface area contributed by atoms with Crippen LogP contribution in [0, 0.1) is 13.8 Å². The van der Waals surface area contributed by atoms with Crippen molar-refractivity contribution in [1.29, 1.82) is 0 Å². The Bertz CT molecular complexity index is 981. The topological polar surface area (TPSA) is 60.7 Å². The Hall–Kier alpha value is -1.51. The average molecular weight is 515 g/mol. The molecule has 0 spiro atoms. The summed E-state index contributed by atoms with van der Waals surface area (Å²) < 4.78 is 0. The molecule has 0 radical (unpaired) electrons. The van der Waals surface area contributed by atoms with E-state index in [4.69, 9.17) is 14.7 Å². The fraction of sp³-hybridized carbons (Fsp3) is 0.562. The van der Waals surface area contributed by atoms with E-state index in [-0.39, 0.29) is 21.7 Å². The molecule has 4 heteroatoms. The van der Waals surface area contributed by atoms with Crippen molar-refractivity contribution in [2.45, 2.75) is 119 Å². The molecular weight excluding hydrogens is 463 g/mol. The lowest BCUT2D eigenvalue weighted by atomic mass is 9.75. The lowest BCUT2D eigenvalue weighted by Crippen LogP contribution is -2.19. The molecule has 0 heterocycles. The summed E-state index contributed by atoms with van der Waals surface area (Å²) in [6.07, 6.45) is 4.74. The van der Waals surface area contributed by atoms with E-state index in [1.807, 2.05) is 0 Å². The zero-order valence-corrected chi connectivity index (χ0v) is 26.1. The number of benzene rings is 2. The fourth-order valence-corrected chi connectivity index (χ4v) is 4.31. The van der Waals surface area contributed by atoms with E-state index in [0.717, 1.165) is 0 Å². The number of rotatable bonds is 2. The molecular formula is C32H51O3P. The summed E-state index contributed by atoms with van der Waals surface area (Å²) in [5.74, 6) is 0. The van der Waals surface area contributed by atoms with E-state index >= 15 is 0 Å². The van der Waals surface area contributed by atoms with Gasteiger partial charge in [-0.2, -0.15) is 0 Å². The Balaban J connectivity index is 0.00000150. The van der Waals surface area contributed by atoms with Crippen molar-refractivity contribution in [3.8, 4) is 0 Å². The van der Waals surface area contributed by atoms with Gasteiger partial charge in [0.2, 0.25) is 0 Å². The Kier molecular flexibility index (Phi) is 10.4. The predicted octanol–water partition coefficient (Wildman–Crippen LogP) is 8.85. The highest BCUT2D eigenvalue weighted by atomic mass is 31.2. The summed E-state index contributed by atoms with van der Waals surface area (Å²) in [5, 5.41) is 0. The third-order valence-electron chi connectivity index (χ3n) is 6.54. The first-order valence-corrected chi connectivity index (χ1v) is 14.0. The minimum absolute atomic E-state index is 0.0870. The molecule has 0 atom stereocenters. The number of aryl methyl sites for hydroxylation is 2. The predicted molar refractivity (Wildman–Crippen MR) is 160 cm³/mol. The molecule has 2 rings (SSSR count). The Morgan fingerprint density at radius 2 is 0.750 bits per heavy atom. The first-order valence-electron chi connectivity index (χ1n) is 12.8. The van der Waals surface area contributed by atoms with Crippen molar-refractivity contribution in [2.75, 3.05) is 0 Å². The van der Waals surface area contributed by atoms with E-state index < -0.39 is 8.60 Å². The van der Waals surface area contributed by atoms with Crippen molar-refractivity contribution < 1.29 is 14.7 Å². The fourth-order valence-electron chi connectivity index (χ4n) is 4.31. The van der Waals surface area contributed by atoms with Gasteiger partial charge in [-0.05, 0) is 80.0 Å². The van der Waals surface area contributed by atoms with Gasteiger partial charge < -0.3 is 14.7 Å². The van der Waals surface area contributed by atoms with Gasteiger partial charge in [0.1, 0.15) is 0 Å². The van der Waals surface area contributed by atoms with Gasteiger partial charge in [-0.25, -0.2) is 0 Å². The highest BCUT2D eigenvalue weighted by Gasteiger charge is 2.25. The molecule has 0 unspecified atom stereocenters. The maximum atomic E-state index is 7.23. The molecule has 0 amide bonds. The Labute approximate surface area is 222 Å². The van der Waals surface area contributed by atoms with Crippen LogP contribution in [0.2, 0.25) is 0 Å². The van der Waals surface area contributed by atoms with Crippen LogP contribution in [0.25, 0.3) is 12.2 Å². The zero-order valence-electron chi connectivity index (χ0n) is 25.3. The summed E-state index contributed by atoms with van der Waals surface area (Å²) in [5.41, 5.74) is 11.6. The SMILES string of the molecule is Cc1cc(C(C)(C)C)cc(C(C)(C)C)c1C=Cc1c(C)cc(C(C)(C)C)cc1C(C)(C)C.OP(O)O. The van der Waals surface area contributed by atoms with Crippen LogP contribution in [0.4, 0.5) is 0 Å². The van der Waals surface area contributed by atoms with Gasteiger partial charge in [-0.15, -0.1) is 0 Å². The molecule has 0 bridgehead atoms. The molecule has 0 aromatic heterocycles. The first kappa shape index (κ1) is 32.5. The van der Waals surface area contributed by atoms with Crippen LogP contribution >= 0.6 is 8.60 Å². The molecule has 0 aliphatic rings. The normalized spacial score (nSPS) is 13.3. The standard InChI is InChI=1S/C32H48.H3O3P/c1-21-17-23(29(3,4)5)19-27(31(9,10)11)25(21)15-16-26-22(2)18-24(30(6,7)8)20-28(26)32(12,13)14;1-4(2)3/h15-20H,1-14H3;1-3H. The van der Waals surface area contributed by atoms with Crippen LogP contribution in [0.3, 0.4) is 0 Å². The second-order valence-electron chi connectivity index (χ2n) is 14.1. The van der Waals surface area contributed by atoms with E-state index in [9.17, 15) is 0 Å². The third kappa shape index (κ3) is 9.10. The van der Waals surface area contributed by atoms with Crippen molar-refractivity contribution in [1.82, 2.24) is 0 Å². The van der Waals surface area contributed by atoms with Gasteiger partial charge in [-0.1, -0.05) is 120 Å². The van der Waals surface area contributed by atoms with Crippen molar-refractivity contribution >= 4 is 20.8 Å². The molecule has 3 N–H and O–H groups in total. The number of hydrogen-bond acceptors (Lipinski definition) is 3. The van der Waals surface area contributed by atoms with Crippen LogP contribution in [0.5, 0.6) is 0 Å². The van der Waals surface area contributed by atoms with Crippen LogP contribution in [-0.2, 0) is 21.7 Å². The monoisotopic (exact) mass is 514 g/mol. The van der Waals surface area contributed by atoms with Crippen LogP contribution in [0.15, 0.2) is 24.3 Å². The molecule has 0 aliphatic heterocycles. The first-order chi connectivity index (χ1) is 16.0. The molecule has 36 heavy (non-hydrogen) atoms. The highest BCUT2D eigenvalue weighted by Crippen LogP contribution is 2.37. The third-order valence-corrected chi connectivity index (χ3v) is 6.54. The van der Waals surface area contributed by atoms with Crippen molar-refractivity contribution in [2.24, 2.45) is 0 Å². The lowest BCUT2D eigenvalue weighted by Gasteiger charge is -2.29. The summed E-state index contributed by atoms with van der Waals surface area (Å²) in [7, 11) is -2.62. The molecule has 0 saturated heterocycles. The molecule has 202 valence electrons. The number of hydrogen-bond donors (Lipinski definition) is 3. The van der Waals surface area contributed by atoms with Crippen molar-refractivity contribution in [3.05, 3.63) is 68.8 Å². The van der Waals surface area contributed by atoms with E-state index in [1.165, 1.54) is 44.5 Å². The lowest BCUT2D eigenvalue weighted by molar-refractivity contribution is 0.368. The summed E-state index contributed by atoms with van der Waals surface area (Å²) in [6, 6.07) is 9.64. The van der Waals surface area contributed by atoms with Gasteiger partial charge in [0.15, 0.2) is 0 Å². The smallest absolute Gasteiger partial charge is 0.324 e. The molecule has 0 aliphatic carbocycles.